The van der Waals surface area contributed by atoms with E-state index in [0.717, 1.165) is 5.56 Å². The molecule has 0 bridgehead atoms. The molecule has 2 nitrogen and oxygen atoms in total. The van der Waals surface area contributed by atoms with Crippen molar-refractivity contribution in [2.75, 3.05) is 0 Å². The second-order valence-electron chi connectivity index (χ2n) is 2.12. The SMILES string of the molecule is [C-]#[N+]c1cccc(CC#N)c1. The van der Waals surface area contributed by atoms with Crippen molar-refractivity contribution in [1.29, 1.82) is 5.26 Å². The zero-order valence-electron chi connectivity index (χ0n) is 5.91. The van der Waals surface area contributed by atoms with E-state index in [2.05, 4.69) is 4.85 Å². The van der Waals surface area contributed by atoms with E-state index in [4.69, 9.17) is 11.8 Å². The van der Waals surface area contributed by atoms with Gasteiger partial charge in [-0.2, -0.15) is 5.26 Å². The van der Waals surface area contributed by atoms with Crippen LogP contribution < -0.4 is 0 Å². The predicted molar refractivity (Wildman–Crippen MR) is 42.0 cm³/mol. The third-order valence-corrected chi connectivity index (χ3v) is 1.32. The third-order valence-electron chi connectivity index (χ3n) is 1.32. The Labute approximate surface area is 65.5 Å². The average Bonchev–Trinajstić information content (AvgIpc) is 2.06. The Balaban J connectivity index is 2.96. The highest BCUT2D eigenvalue weighted by Gasteiger charge is 1.92. The molecule has 1 aromatic carbocycles. The molecule has 0 fully saturated rings. The van der Waals surface area contributed by atoms with Gasteiger partial charge in [0.2, 0.25) is 0 Å². The van der Waals surface area contributed by atoms with Crippen molar-refractivity contribution in [2.24, 2.45) is 0 Å². The maximum atomic E-state index is 8.36. The normalized spacial score (nSPS) is 8.18. The summed E-state index contributed by atoms with van der Waals surface area (Å²) in [5, 5.41) is 8.36. The molecule has 0 atom stereocenters. The molecule has 0 heterocycles. The van der Waals surface area contributed by atoms with E-state index >= 15 is 0 Å². The van der Waals surface area contributed by atoms with Gasteiger partial charge in [-0.25, -0.2) is 4.85 Å². The molecule has 0 N–H and O–H groups in total. The highest BCUT2D eigenvalue weighted by Crippen LogP contribution is 2.13. The Hall–Kier alpha value is -1.80. The first-order valence-electron chi connectivity index (χ1n) is 3.20. The Morgan fingerprint density at radius 3 is 3.00 bits per heavy atom. The number of nitrogens with zero attached hydrogens (tertiary/aromatic N) is 2. The number of hydrogen-bond donors (Lipinski definition) is 0. The molecule has 0 aliphatic heterocycles. The zero-order valence-corrected chi connectivity index (χ0v) is 5.91. The van der Waals surface area contributed by atoms with Gasteiger partial charge < -0.3 is 0 Å². The Morgan fingerprint density at radius 1 is 1.55 bits per heavy atom. The molecule has 0 amide bonds. The van der Waals surface area contributed by atoms with E-state index in [9.17, 15) is 0 Å². The fraction of sp³-hybridized carbons (Fsp3) is 0.111. The van der Waals surface area contributed by atoms with Crippen LogP contribution in [0.3, 0.4) is 0 Å². The molecule has 0 radical (unpaired) electrons. The fourth-order valence-electron chi connectivity index (χ4n) is 0.827. The van der Waals surface area contributed by atoms with Crippen LogP contribution >= 0.6 is 0 Å². The van der Waals surface area contributed by atoms with Gasteiger partial charge in [-0.05, 0) is 5.56 Å². The topological polar surface area (TPSA) is 28.1 Å². The molecule has 0 unspecified atom stereocenters. The van der Waals surface area contributed by atoms with Crippen LogP contribution in [0, 0.1) is 17.9 Å². The molecule has 0 saturated heterocycles. The zero-order chi connectivity index (χ0) is 8.10. The van der Waals surface area contributed by atoms with E-state index < -0.39 is 0 Å². The van der Waals surface area contributed by atoms with Crippen molar-refractivity contribution in [3.05, 3.63) is 41.2 Å². The summed E-state index contributed by atoms with van der Waals surface area (Å²) >= 11 is 0. The van der Waals surface area contributed by atoms with E-state index in [1.165, 1.54) is 0 Å². The van der Waals surface area contributed by atoms with Gasteiger partial charge in [0.1, 0.15) is 0 Å². The Kier molecular flexibility index (Phi) is 2.25. The van der Waals surface area contributed by atoms with Crippen LogP contribution in [0.2, 0.25) is 0 Å². The van der Waals surface area contributed by atoms with Gasteiger partial charge in [0.15, 0.2) is 5.69 Å². The van der Waals surface area contributed by atoms with Crippen molar-refractivity contribution in [3.63, 3.8) is 0 Å². The van der Waals surface area contributed by atoms with Crippen LogP contribution in [0.15, 0.2) is 24.3 Å². The minimum Gasteiger partial charge on any atom is -0.238 e. The van der Waals surface area contributed by atoms with E-state index in [-0.39, 0.29) is 0 Å². The summed E-state index contributed by atoms with van der Waals surface area (Å²) in [4.78, 5) is 3.25. The highest BCUT2D eigenvalue weighted by atomic mass is 14.6. The van der Waals surface area contributed by atoms with Crippen LogP contribution in [0.25, 0.3) is 4.85 Å². The summed E-state index contributed by atoms with van der Waals surface area (Å²) in [5.74, 6) is 0. The van der Waals surface area contributed by atoms with E-state index in [1.54, 1.807) is 18.2 Å². The van der Waals surface area contributed by atoms with E-state index in [0.29, 0.717) is 12.1 Å². The molecule has 0 aromatic heterocycles. The lowest BCUT2D eigenvalue weighted by molar-refractivity contribution is 1.27. The number of hydrogen-bond acceptors (Lipinski definition) is 1. The predicted octanol–water partition coefficient (Wildman–Crippen LogP) is 2.30. The van der Waals surface area contributed by atoms with Gasteiger partial charge in [-0.3, -0.25) is 0 Å². The molecule has 1 rings (SSSR count). The number of benzene rings is 1. The summed E-state index contributed by atoms with van der Waals surface area (Å²) in [6.07, 6.45) is 0.378. The molecule has 0 spiro atoms. The molecule has 2 heteroatoms. The summed E-state index contributed by atoms with van der Waals surface area (Å²) in [5.41, 5.74) is 1.50. The quantitative estimate of drug-likeness (QED) is 0.553. The molecular formula is C9H6N2. The van der Waals surface area contributed by atoms with Gasteiger partial charge in [-0.15, -0.1) is 0 Å². The maximum Gasteiger partial charge on any atom is 0.187 e. The summed E-state index contributed by atoms with van der Waals surface area (Å²) in [6, 6.07) is 9.13. The molecule has 0 aliphatic rings. The second-order valence-corrected chi connectivity index (χ2v) is 2.12. The first kappa shape index (κ1) is 7.31. The summed E-state index contributed by atoms with van der Waals surface area (Å²) < 4.78 is 0. The highest BCUT2D eigenvalue weighted by molar-refractivity contribution is 5.46. The van der Waals surface area contributed by atoms with Crippen LogP contribution in [0.1, 0.15) is 5.56 Å². The van der Waals surface area contributed by atoms with Gasteiger partial charge in [-0.1, -0.05) is 24.3 Å². The minimum absolute atomic E-state index is 0.378. The lowest BCUT2D eigenvalue weighted by Crippen LogP contribution is -1.77. The summed E-state index contributed by atoms with van der Waals surface area (Å²) in [7, 11) is 0. The monoisotopic (exact) mass is 142 g/mol. The Morgan fingerprint density at radius 2 is 2.36 bits per heavy atom. The van der Waals surface area contributed by atoms with Crippen LogP contribution in [0.4, 0.5) is 5.69 Å². The van der Waals surface area contributed by atoms with Gasteiger partial charge in [0.25, 0.3) is 0 Å². The fourth-order valence-corrected chi connectivity index (χ4v) is 0.827. The molecule has 11 heavy (non-hydrogen) atoms. The van der Waals surface area contributed by atoms with Crippen LogP contribution in [0.5, 0.6) is 0 Å². The molecule has 1 aromatic rings. The van der Waals surface area contributed by atoms with Crippen LogP contribution in [-0.4, -0.2) is 0 Å². The van der Waals surface area contributed by atoms with Gasteiger partial charge in [0, 0.05) is 0 Å². The molecule has 0 saturated carbocycles. The second kappa shape index (κ2) is 3.39. The van der Waals surface area contributed by atoms with Gasteiger partial charge >= 0.3 is 0 Å². The molecular weight excluding hydrogens is 136 g/mol. The largest absolute Gasteiger partial charge is 0.238 e. The average molecular weight is 142 g/mol. The minimum atomic E-state index is 0.378. The van der Waals surface area contributed by atoms with Crippen molar-refractivity contribution >= 4 is 5.69 Å². The first-order chi connectivity index (χ1) is 5.36. The van der Waals surface area contributed by atoms with Crippen LogP contribution in [-0.2, 0) is 6.42 Å². The molecule has 0 aliphatic carbocycles. The number of nitriles is 1. The lowest BCUT2D eigenvalue weighted by Gasteiger charge is -1.92. The van der Waals surface area contributed by atoms with Crippen molar-refractivity contribution < 1.29 is 0 Å². The summed E-state index contributed by atoms with van der Waals surface area (Å²) in [6.45, 7) is 6.71. The Bertz CT molecular complexity index is 328. The standard InChI is InChI=1S/C9H6N2/c1-11-9-4-2-3-8(7-9)5-6-10/h2-4,7H,5H2. The van der Waals surface area contributed by atoms with Crippen molar-refractivity contribution in [1.82, 2.24) is 0 Å². The van der Waals surface area contributed by atoms with E-state index in [1.807, 2.05) is 12.1 Å². The number of rotatable bonds is 1. The molecule has 52 valence electrons. The first-order valence-corrected chi connectivity index (χ1v) is 3.20. The smallest absolute Gasteiger partial charge is 0.187 e. The van der Waals surface area contributed by atoms with Crippen molar-refractivity contribution in [3.8, 4) is 6.07 Å². The third kappa shape index (κ3) is 1.81. The van der Waals surface area contributed by atoms with Crippen molar-refractivity contribution in [2.45, 2.75) is 6.42 Å². The van der Waals surface area contributed by atoms with Gasteiger partial charge in [0.05, 0.1) is 19.1 Å². The maximum absolute atomic E-state index is 8.36. The lowest BCUT2D eigenvalue weighted by atomic mass is 10.1.